The lowest BCUT2D eigenvalue weighted by Crippen LogP contribution is -1.89. The van der Waals surface area contributed by atoms with Crippen LogP contribution in [-0.4, -0.2) is 16.8 Å². The molecule has 0 aromatic heterocycles. The monoisotopic (exact) mass is 132 g/mol. The molecule has 0 aromatic carbocycles. The van der Waals surface area contributed by atoms with Gasteiger partial charge in [-0.25, -0.2) is 4.79 Å². The smallest absolute Gasteiger partial charge is 0.328 e. The molecule has 0 heterocycles. The van der Waals surface area contributed by atoms with Gasteiger partial charge in [0.25, 0.3) is 0 Å². The van der Waals surface area contributed by atoms with Crippen molar-refractivity contribution in [2.75, 3.05) is 5.75 Å². The van der Waals surface area contributed by atoms with Crippen molar-refractivity contribution in [1.29, 1.82) is 0 Å². The summed E-state index contributed by atoms with van der Waals surface area (Å²) in [6.45, 7) is 1.72. The number of hydrogen-bond donors (Lipinski definition) is 2. The van der Waals surface area contributed by atoms with E-state index in [2.05, 4.69) is 12.6 Å². The zero-order valence-electron chi connectivity index (χ0n) is 4.59. The van der Waals surface area contributed by atoms with Gasteiger partial charge in [0.2, 0.25) is 0 Å². The molecule has 0 aromatic rings. The van der Waals surface area contributed by atoms with Gasteiger partial charge in [-0.05, 0) is 6.92 Å². The normalized spacial score (nSPS) is 11.5. The molecule has 0 fully saturated rings. The van der Waals surface area contributed by atoms with Gasteiger partial charge in [0.1, 0.15) is 0 Å². The van der Waals surface area contributed by atoms with Gasteiger partial charge in [-0.15, -0.1) is 0 Å². The third-order valence-corrected chi connectivity index (χ3v) is 1.12. The Labute approximate surface area is 53.6 Å². The zero-order chi connectivity index (χ0) is 6.57. The molecular weight excluding hydrogens is 124 g/mol. The van der Waals surface area contributed by atoms with Crippen molar-refractivity contribution >= 4 is 18.6 Å². The minimum atomic E-state index is -0.906. The van der Waals surface area contributed by atoms with Gasteiger partial charge in [-0.3, -0.25) is 0 Å². The maximum Gasteiger partial charge on any atom is 0.328 e. The van der Waals surface area contributed by atoms with Crippen molar-refractivity contribution in [3.05, 3.63) is 11.6 Å². The molecule has 0 bridgehead atoms. The van der Waals surface area contributed by atoms with Crippen molar-refractivity contribution < 1.29 is 9.90 Å². The lowest BCUT2D eigenvalue weighted by atomic mass is 10.3. The summed E-state index contributed by atoms with van der Waals surface area (Å²) in [5, 5.41) is 8.10. The topological polar surface area (TPSA) is 37.3 Å². The molecule has 0 radical (unpaired) electrons. The molecule has 0 spiro atoms. The van der Waals surface area contributed by atoms with Gasteiger partial charge in [-0.1, -0.05) is 5.57 Å². The molecule has 0 unspecified atom stereocenters. The standard InChI is InChI=1S/C5H8O2S/c1-4(3-8)2-5(6)7/h2,8H,3H2,1H3,(H,6,7)/b4-2+. The first-order valence-corrected chi connectivity index (χ1v) is 2.81. The predicted molar refractivity (Wildman–Crippen MR) is 35.2 cm³/mol. The van der Waals surface area contributed by atoms with E-state index in [1.54, 1.807) is 6.92 Å². The first-order chi connectivity index (χ1) is 3.66. The lowest BCUT2D eigenvalue weighted by molar-refractivity contribution is -0.131. The van der Waals surface area contributed by atoms with E-state index in [-0.39, 0.29) is 0 Å². The maximum atomic E-state index is 9.86. The summed E-state index contributed by atoms with van der Waals surface area (Å²) in [5.41, 5.74) is 0.765. The van der Waals surface area contributed by atoms with E-state index >= 15 is 0 Å². The number of rotatable bonds is 2. The number of carbonyl (C=O) groups is 1. The van der Waals surface area contributed by atoms with Crippen LogP contribution < -0.4 is 0 Å². The first-order valence-electron chi connectivity index (χ1n) is 2.17. The molecule has 0 saturated heterocycles. The molecule has 0 aliphatic carbocycles. The van der Waals surface area contributed by atoms with E-state index in [9.17, 15) is 4.79 Å². The second-order valence-corrected chi connectivity index (χ2v) is 1.80. The predicted octanol–water partition coefficient (Wildman–Crippen LogP) is 0.947. The minimum Gasteiger partial charge on any atom is -0.478 e. The molecule has 3 heteroatoms. The van der Waals surface area contributed by atoms with E-state index in [0.717, 1.165) is 11.6 Å². The fourth-order valence-corrected chi connectivity index (χ4v) is 0.348. The number of aliphatic carboxylic acids is 1. The van der Waals surface area contributed by atoms with Crippen LogP contribution in [0.3, 0.4) is 0 Å². The first kappa shape index (κ1) is 7.56. The third-order valence-electron chi connectivity index (χ3n) is 0.619. The molecule has 0 aliphatic rings. The number of carboxylic acid groups (broad SMARTS) is 1. The van der Waals surface area contributed by atoms with Crippen molar-refractivity contribution in [3.8, 4) is 0 Å². The Hall–Kier alpha value is -0.440. The summed E-state index contributed by atoms with van der Waals surface area (Å²) in [6.07, 6.45) is 1.15. The van der Waals surface area contributed by atoms with Crippen molar-refractivity contribution in [1.82, 2.24) is 0 Å². The SMILES string of the molecule is C/C(=C\C(=O)O)CS. The van der Waals surface area contributed by atoms with E-state index in [0.29, 0.717) is 5.75 Å². The van der Waals surface area contributed by atoms with Crippen LogP contribution in [0.15, 0.2) is 11.6 Å². The average molecular weight is 132 g/mol. The third kappa shape index (κ3) is 3.74. The summed E-state index contributed by atoms with van der Waals surface area (Å²) in [7, 11) is 0. The highest BCUT2D eigenvalue weighted by molar-refractivity contribution is 7.80. The van der Waals surface area contributed by atoms with Crippen LogP contribution in [0.4, 0.5) is 0 Å². The summed E-state index contributed by atoms with van der Waals surface area (Å²) >= 11 is 3.86. The Bertz CT molecular complexity index is 118. The molecule has 2 nitrogen and oxygen atoms in total. The van der Waals surface area contributed by atoms with E-state index in [1.807, 2.05) is 0 Å². The maximum absolute atomic E-state index is 9.86. The molecular formula is C5H8O2S. The fourth-order valence-electron chi connectivity index (χ4n) is 0.256. The Kier molecular flexibility index (Phi) is 3.35. The van der Waals surface area contributed by atoms with Gasteiger partial charge in [0.05, 0.1) is 0 Å². The summed E-state index contributed by atoms with van der Waals surface area (Å²) in [4.78, 5) is 9.86. The van der Waals surface area contributed by atoms with E-state index in [1.165, 1.54) is 0 Å². The molecule has 0 atom stereocenters. The molecule has 0 saturated carbocycles. The van der Waals surface area contributed by atoms with Gasteiger partial charge < -0.3 is 5.11 Å². The molecule has 46 valence electrons. The molecule has 0 aliphatic heterocycles. The van der Waals surface area contributed by atoms with E-state index < -0.39 is 5.97 Å². The second-order valence-electron chi connectivity index (χ2n) is 1.49. The largest absolute Gasteiger partial charge is 0.478 e. The Morgan fingerprint density at radius 3 is 2.50 bits per heavy atom. The average Bonchev–Trinajstić information content (AvgIpc) is 1.65. The summed E-state index contributed by atoms with van der Waals surface area (Å²) < 4.78 is 0. The van der Waals surface area contributed by atoms with Crippen LogP contribution >= 0.6 is 12.6 Å². The molecule has 0 rings (SSSR count). The van der Waals surface area contributed by atoms with Crippen LogP contribution in [0.2, 0.25) is 0 Å². The quantitative estimate of drug-likeness (QED) is 0.433. The van der Waals surface area contributed by atoms with Gasteiger partial charge in [0.15, 0.2) is 0 Å². The summed E-state index contributed by atoms with van der Waals surface area (Å²) in [5.74, 6) is -0.400. The minimum absolute atomic E-state index is 0.506. The van der Waals surface area contributed by atoms with Gasteiger partial charge in [-0.2, -0.15) is 12.6 Å². The second kappa shape index (κ2) is 3.55. The van der Waals surface area contributed by atoms with Crippen LogP contribution in [0, 0.1) is 0 Å². The summed E-state index contributed by atoms with van der Waals surface area (Å²) in [6, 6.07) is 0. The van der Waals surface area contributed by atoms with Crippen molar-refractivity contribution in [2.45, 2.75) is 6.92 Å². The fraction of sp³-hybridized carbons (Fsp3) is 0.400. The van der Waals surface area contributed by atoms with Gasteiger partial charge in [0, 0.05) is 11.8 Å². The lowest BCUT2D eigenvalue weighted by Gasteiger charge is -1.87. The van der Waals surface area contributed by atoms with Crippen molar-refractivity contribution in [3.63, 3.8) is 0 Å². The highest BCUT2D eigenvalue weighted by atomic mass is 32.1. The van der Waals surface area contributed by atoms with Gasteiger partial charge >= 0.3 is 5.97 Å². The number of hydrogen-bond acceptors (Lipinski definition) is 2. The molecule has 1 N–H and O–H groups in total. The number of carboxylic acids is 1. The van der Waals surface area contributed by atoms with Crippen LogP contribution in [-0.2, 0) is 4.79 Å². The number of thiol groups is 1. The molecule has 0 amide bonds. The zero-order valence-corrected chi connectivity index (χ0v) is 5.48. The highest BCUT2D eigenvalue weighted by Crippen LogP contribution is 1.92. The molecule has 8 heavy (non-hydrogen) atoms. The van der Waals surface area contributed by atoms with Crippen molar-refractivity contribution in [2.24, 2.45) is 0 Å². The van der Waals surface area contributed by atoms with E-state index in [4.69, 9.17) is 5.11 Å². The highest BCUT2D eigenvalue weighted by Gasteiger charge is 1.88. The Morgan fingerprint density at radius 1 is 1.88 bits per heavy atom. The Balaban J connectivity index is 3.75. The van der Waals surface area contributed by atoms with Crippen LogP contribution in [0.25, 0.3) is 0 Å². The van der Waals surface area contributed by atoms with Crippen LogP contribution in [0.5, 0.6) is 0 Å². The van der Waals surface area contributed by atoms with Crippen LogP contribution in [0.1, 0.15) is 6.92 Å². The Morgan fingerprint density at radius 2 is 2.38 bits per heavy atom.